The van der Waals surface area contributed by atoms with Gasteiger partial charge in [0.05, 0.1) is 0 Å². The molecular formula is C18H27N3. The summed E-state index contributed by atoms with van der Waals surface area (Å²) < 4.78 is 0. The maximum Gasteiger partial charge on any atom is 0.0377 e. The maximum atomic E-state index is 3.48. The Hall–Kier alpha value is -1.06. The van der Waals surface area contributed by atoms with Gasteiger partial charge in [0.15, 0.2) is 0 Å². The number of anilines is 1. The molecule has 3 heteroatoms. The molecule has 1 aliphatic carbocycles. The van der Waals surface area contributed by atoms with Gasteiger partial charge in [-0.05, 0) is 49.3 Å². The van der Waals surface area contributed by atoms with Crippen molar-refractivity contribution in [1.82, 2.24) is 10.2 Å². The fraction of sp³-hybridized carbons (Fsp3) is 0.667. The molecule has 2 saturated heterocycles. The molecular weight excluding hydrogens is 258 g/mol. The van der Waals surface area contributed by atoms with Crippen LogP contribution in [0.15, 0.2) is 24.3 Å². The van der Waals surface area contributed by atoms with Crippen LogP contribution in [0.2, 0.25) is 0 Å². The normalized spacial score (nSPS) is 25.2. The zero-order valence-electron chi connectivity index (χ0n) is 12.9. The van der Waals surface area contributed by atoms with Crippen molar-refractivity contribution in [2.45, 2.75) is 31.7 Å². The van der Waals surface area contributed by atoms with Gasteiger partial charge in [-0.1, -0.05) is 12.1 Å². The fourth-order valence-electron chi connectivity index (χ4n) is 4.01. The lowest BCUT2D eigenvalue weighted by Gasteiger charge is -2.35. The van der Waals surface area contributed by atoms with E-state index in [0.29, 0.717) is 6.04 Å². The van der Waals surface area contributed by atoms with Crippen LogP contribution in [0.4, 0.5) is 5.69 Å². The fourth-order valence-corrected chi connectivity index (χ4v) is 4.01. The van der Waals surface area contributed by atoms with Crippen molar-refractivity contribution in [3.8, 4) is 0 Å². The summed E-state index contributed by atoms with van der Waals surface area (Å²) in [7, 11) is 0. The van der Waals surface area contributed by atoms with Crippen LogP contribution in [0.5, 0.6) is 0 Å². The van der Waals surface area contributed by atoms with Crippen LogP contribution >= 0.6 is 0 Å². The van der Waals surface area contributed by atoms with E-state index in [1.165, 1.54) is 57.5 Å². The van der Waals surface area contributed by atoms with E-state index < -0.39 is 0 Å². The summed E-state index contributed by atoms with van der Waals surface area (Å²) in [4.78, 5) is 5.24. The average molecular weight is 285 g/mol. The number of hydrogen-bond donors (Lipinski definition) is 1. The van der Waals surface area contributed by atoms with E-state index in [9.17, 15) is 0 Å². The molecule has 21 heavy (non-hydrogen) atoms. The average Bonchev–Trinajstić information content (AvgIpc) is 3.22. The molecule has 0 aromatic heterocycles. The molecule has 1 aromatic carbocycles. The standard InChI is InChI=1S/C18H27N3/c1-2-12-20(11-1)17-7-5-16(6-8-17)18(15-3-4-15)21-13-9-19-10-14-21/h5-8,15,18-19H,1-4,9-14H2/t18-/m0/s1. The monoisotopic (exact) mass is 285 g/mol. The third kappa shape index (κ3) is 2.95. The van der Waals surface area contributed by atoms with Gasteiger partial charge >= 0.3 is 0 Å². The molecule has 4 rings (SSSR count). The molecule has 2 aliphatic heterocycles. The van der Waals surface area contributed by atoms with Crippen molar-refractivity contribution in [3.05, 3.63) is 29.8 Å². The third-order valence-corrected chi connectivity index (χ3v) is 5.32. The number of piperazine rings is 1. The Balaban J connectivity index is 1.52. The first-order valence-electron chi connectivity index (χ1n) is 8.71. The van der Waals surface area contributed by atoms with E-state index in [4.69, 9.17) is 0 Å². The zero-order valence-corrected chi connectivity index (χ0v) is 12.9. The molecule has 114 valence electrons. The molecule has 3 nitrogen and oxygen atoms in total. The minimum absolute atomic E-state index is 0.666. The van der Waals surface area contributed by atoms with E-state index in [0.717, 1.165) is 19.0 Å². The number of nitrogens with zero attached hydrogens (tertiary/aromatic N) is 2. The molecule has 0 spiro atoms. The second kappa shape index (κ2) is 5.98. The summed E-state index contributed by atoms with van der Waals surface area (Å²) >= 11 is 0. The molecule has 3 aliphatic rings. The van der Waals surface area contributed by atoms with Crippen LogP contribution < -0.4 is 10.2 Å². The summed E-state index contributed by atoms with van der Waals surface area (Å²) in [5.41, 5.74) is 2.97. The molecule has 2 heterocycles. The first kappa shape index (κ1) is 13.6. The smallest absolute Gasteiger partial charge is 0.0377 e. The molecule has 1 atom stereocenters. The number of hydrogen-bond acceptors (Lipinski definition) is 3. The highest BCUT2D eigenvalue weighted by atomic mass is 15.2. The van der Waals surface area contributed by atoms with Crippen molar-refractivity contribution in [3.63, 3.8) is 0 Å². The van der Waals surface area contributed by atoms with E-state index >= 15 is 0 Å². The van der Waals surface area contributed by atoms with Gasteiger partial charge in [0.25, 0.3) is 0 Å². The predicted molar refractivity (Wildman–Crippen MR) is 87.8 cm³/mol. The van der Waals surface area contributed by atoms with Crippen LogP contribution in [0.3, 0.4) is 0 Å². The van der Waals surface area contributed by atoms with Gasteiger partial charge in [-0.15, -0.1) is 0 Å². The molecule has 0 amide bonds. The highest BCUT2D eigenvalue weighted by molar-refractivity contribution is 5.48. The van der Waals surface area contributed by atoms with Crippen molar-refractivity contribution < 1.29 is 0 Å². The molecule has 0 radical (unpaired) electrons. The van der Waals surface area contributed by atoms with Crippen molar-refractivity contribution in [2.75, 3.05) is 44.2 Å². The molecule has 0 bridgehead atoms. The van der Waals surface area contributed by atoms with E-state index in [1.807, 2.05) is 0 Å². The maximum absolute atomic E-state index is 3.48. The van der Waals surface area contributed by atoms with Gasteiger partial charge in [-0.3, -0.25) is 4.90 Å². The Bertz CT molecular complexity index is 454. The minimum Gasteiger partial charge on any atom is -0.372 e. The summed E-state index contributed by atoms with van der Waals surface area (Å²) in [6, 6.07) is 10.2. The first-order chi connectivity index (χ1) is 10.4. The Morgan fingerprint density at radius 1 is 0.905 bits per heavy atom. The Labute approximate surface area is 128 Å². The third-order valence-electron chi connectivity index (χ3n) is 5.32. The van der Waals surface area contributed by atoms with Crippen molar-refractivity contribution in [2.24, 2.45) is 5.92 Å². The molecule has 1 aromatic rings. The SMILES string of the molecule is c1cc(N2CCCC2)ccc1[C@H](C1CC1)N1CCNCC1. The Morgan fingerprint density at radius 2 is 1.57 bits per heavy atom. The minimum atomic E-state index is 0.666. The van der Waals surface area contributed by atoms with E-state index in [-0.39, 0.29) is 0 Å². The first-order valence-corrected chi connectivity index (χ1v) is 8.71. The number of rotatable bonds is 4. The summed E-state index contributed by atoms with van der Waals surface area (Å²) in [5.74, 6) is 0.903. The van der Waals surface area contributed by atoms with Gasteiger partial charge in [-0.2, -0.15) is 0 Å². The highest BCUT2D eigenvalue weighted by Gasteiger charge is 2.36. The van der Waals surface area contributed by atoms with Gasteiger partial charge in [0, 0.05) is 51.0 Å². The van der Waals surface area contributed by atoms with Gasteiger partial charge in [0.2, 0.25) is 0 Å². The van der Waals surface area contributed by atoms with Gasteiger partial charge in [0.1, 0.15) is 0 Å². The molecule has 0 unspecified atom stereocenters. The van der Waals surface area contributed by atoms with Crippen LogP contribution in [0.1, 0.15) is 37.3 Å². The molecule has 1 N–H and O–H groups in total. The van der Waals surface area contributed by atoms with Crippen LogP contribution in [-0.2, 0) is 0 Å². The lowest BCUT2D eigenvalue weighted by Crippen LogP contribution is -2.45. The quantitative estimate of drug-likeness (QED) is 0.917. The van der Waals surface area contributed by atoms with E-state index in [2.05, 4.69) is 39.4 Å². The summed E-state index contributed by atoms with van der Waals surface area (Å²) in [6.45, 7) is 7.18. The van der Waals surface area contributed by atoms with Gasteiger partial charge in [-0.25, -0.2) is 0 Å². The summed E-state index contributed by atoms with van der Waals surface area (Å²) in [5, 5.41) is 3.48. The molecule has 1 saturated carbocycles. The zero-order chi connectivity index (χ0) is 14.1. The van der Waals surface area contributed by atoms with Gasteiger partial charge < -0.3 is 10.2 Å². The van der Waals surface area contributed by atoms with Crippen molar-refractivity contribution in [1.29, 1.82) is 0 Å². The van der Waals surface area contributed by atoms with E-state index in [1.54, 1.807) is 5.56 Å². The Kier molecular flexibility index (Phi) is 3.87. The number of nitrogens with one attached hydrogen (secondary N) is 1. The van der Waals surface area contributed by atoms with Crippen LogP contribution in [-0.4, -0.2) is 44.2 Å². The lowest BCUT2D eigenvalue weighted by molar-refractivity contribution is 0.156. The van der Waals surface area contributed by atoms with Crippen molar-refractivity contribution >= 4 is 5.69 Å². The largest absolute Gasteiger partial charge is 0.372 e. The second-order valence-corrected chi connectivity index (χ2v) is 6.85. The lowest BCUT2D eigenvalue weighted by atomic mass is 9.99. The predicted octanol–water partition coefficient (Wildman–Crippen LogP) is 2.64. The highest BCUT2D eigenvalue weighted by Crippen LogP contribution is 2.44. The second-order valence-electron chi connectivity index (χ2n) is 6.85. The van der Waals surface area contributed by atoms with Crippen LogP contribution in [0.25, 0.3) is 0 Å². The number of benzene rings is 1. The molecule has 3 fully saturated rings. The summed E-state index contributed by atoms with van der Waals surface area (Å²) in [6.07, 6.45) is 5.55. The Morgan fingerprint density at radius 3 is 2.19 bits per heavy atom. The van der Waals surface area contributed by atoms with Crippen LogP contribution in [0, 0.1) is 5.92 Å². The topological polar surface area (TPSA) is 18.5 Å².